The second-order valence-corrected chi connectivity index (χ2v) is 6.41. The first kappa shape index (κ1) is 15.8. The third kappa shape index (κ3) is 4.46. The molecule has 110 valence electrons. The Morgan fingerprint density at radius 1 is 1.38 bits per heavy atom. The van der Waals surface area contributed by atoms with Crippen LogP contribution in [-0.2, 0) is 4.79 Å². The molecule has 0 saturated carbocycles. The molecule has 0 aromatic heterocycles. The molecule has 1 heterocycles. The molecule has 1 N–H and O–H groups in total. The monoisotopic (exact) mass is 395 g/mol. The van der Waals surface area contributed by atoms with Gasteiger partial charge in [0.05, 0.1) is 0 Å². The van der Waals surface area contributed by atoms with Crippen molar-refractivity contribution in [3.63, 3.8) is 0 Å². The Labute approximate surface area is 139 Å². The van der Waals surface area contributed by atoms with Crippen LogP contribution in [0.4, 0.5) is 5.69 Å². The predicted molar refractivity (Wildman–Crippen MR) is 91.6 cm³/mol. The minimum atomic E-state index is -0.340. The lowest BCUT2D eigenvalue weighted by atomic mass is 10.1. The summed E-state index contributed by atoms with van der Waals surface area (Å²) in [4.78, 5) is 14.3. The van der Waals surface area contributed by atoms with Crippen LogP contribution in [0.25, 0.3) is 0 Å². The van der Waals surface area contributed by atoms with Crippen LogP contribution in [0, 0.1) is 21.8 Å². The van der Waals surface area contributed by atoms with Crippen LogP contribution in [0.15, 0.2) is 30.0 Å². The Morgan fingerprint density at radius 2 is 2.10 bits per heavy atom. The van der Waals surface area contributed by atoms with E-state index in [0.29, 0.717) is 0 Å². The zero-order valence-corrected chi connectivity index (χ0v) is 14.2. The fraction of sp³-hybridized carbons (Fsp3) is 0.375. The Bertz CT molecular complexity index is 598. The van der Waals surface area contributed by atoms with Crippen molar-refractivity contribution in [2.45, 2.75) is 26.2 Å². The first-order chi connectivity index (χ1) is 10.1. The number of rotatable bonds is 3. The van der Waals surface area contributed by atoms with Crippen molar-refractivity contribution in [3.8, 4) is 6.07 Å². The van der Waals surface area contributed by atoms with Gasteiger partial charge in [0, 0.05) is 28.5 Å². The molecule has 1 aromatic rings. The molecule has 0 spiro atoms. The van der Waals surface area contributed by atoms with Gasteiger partial charge < -0.3 is 10.2 Å². The van der Waals surface area contributed by atoms with Gasteiger partial charge in [-0.05, 0) is 72.5 Å². The summed E-state index contributed by atoms with van der Waals surface area (Å²) < 4.78 is 1.12. The molecule has 21 heavy (non-hydrogen) atoms. The maximum atomic E-state index is 12.2. The van der Waals surface area contributed by atoms with Gasteiger partial charge in [0.15, 0.2) is 0 Å². The number of nitrogens with zero attached hydrogens (tertiary/aromatic N) is 2. The van der Waals surface area contributed by atoms with Gasteiger partial charge in [-0.2, -0.15) is 5.26 Å². The maximum absolute atomic E-state index is 12.2. The number of piperidine rings is 1. The van der Waals surface area contributed by atoms with Gasteiger partial charge in [0.1, 0.15) is 11.6 Å². The number of carbonyl (C=O) groups is 1. The van der Waals surface area contributed by atoms with Crippen molar-refractivity contribution >= 4 is 34.2 Å². The molecular formula is C16H18IN3O. The number of nitriles is 1. The van der Waals surface area contributed by atoms with Gasteiger partial charge in [-0.1, -0.05) is 0 Å². The third-order valence-corrected chi connectivity index (χ3v) is 4.18. The summed E-state index contributed by atoms with van der Waals surface area (Å²) >= 11 is 2.23. The number of anilines is 1. The highest BCUT2D eigenvalue weighted by Crippen LogP contribution is 2.18. The number of aryl methyl sites for hydroxylation is 1. The Kier molecular flexibility index (Phi) is 5.62. The first-order valence-electron chi connectivity index (χ1n) is 7.03. The number of hydrogen-bond acceptors (Lipinski definition) is 3. The van der Waals surface area contributed by atoms with E-state index in [-0.39, 0.29) is 11.5 Å². The smallest absolute Gasteiger partial charge is 0.267 e. The lowest BCUT2D eigenvalue weighted by Crippen LogP contribution is -2.26. The summed E-state index contributed by atoms with van der Waals surface area (Å²) in [5.41, 5.74) is 1.90. The van der Waals surface area contributed by atoms with Crippen LogP contribution in [0.3, 0.4) is 0 Å². The van der Waals surface area contributed by atoms with E-state index in [1.807, 2.05) is 31.2 Å². The van der Waals surface area contributed by atoms with E-state index >= 15 is 0 Å². The van der Waals surface area contributed by atoms with Crippen molar-refractivity contribution in [1.82, 2.24) is 4.90 Å². The number of benzene rings is 1. The van der Waals surface area contributed by atoms with E-state index in [4.69, 9.17) is 0 Å². The molecule has 0 radical (unpaired) electrons. The van der Waals surface area contributed by atoms with Crippen molar-refractivity contribution in [1.29, 1.82) is 5.26 Å². The Hall–Kier alpha value is -1.55. The van der Waals surface area contributed by atoms with Crippen LogP contribution in [-0.4, -0.2) is 23.9 Å². The van der Waals surface area contributed by atoms with Crippen molar-refractivity contribution in [3.05, 3.63) is 39.1 Å². The molecule has 0 aliphatic carbocycles. The molecule has 2 rings (SSSR count). The predicted octanol–water partition coefficient (Wildman–Crippen LogP) is 3.43. The van der Waals surface area contributed by atoms with Crippen LogP contribution >= 0.6 is 22.6 Å². The standard InChI is InChI=1S/C16H18IN3O/c1-12-9-14(17)5-6-15(12)19-16(21)13(10-18)11-20-7-3-2-4-8-20/h5-6,9,11H,2-4,7-8H2,1H3,(H,19,21)/b13-11-. The summed E-state index contributed by atoms with van der Waals surface area (Å²) in [6, 6.07) is 7.80. The van der Waals surface area contributed by atoms with Crippen LogP contribution < -0.4 is 5.32 Å². The highest BCUT2D eigenvalue weighted by atomic mass is 127. The van der Waals surface area contributed by atoms with E-state index in [1.54, 1.807) is 6.20 Å². The summed E-state index contributed by atoms with van der Waals surface area (Å²) in [7, 11) is 0. The summed E-state index contributed by atoms with van der Waals surface area (Å²) in [6.07, 6.45) is 5.15. The van der Waals surface area contributed by atoms with E-state index in [9.17, 15) is 10.1 Å². The highest BCUT2D eigenvalue weighted by Gasteiger charge is 2.14. The van der Waals surface area contributed by atoms with Crippen molar-refractivity contribution < 1.29 is 4.79 Å². The van der Waals surface area contributed by atoms with Crippen molar-refractivity contribution in [2.24, 2.45) is 0 Å². The zero-order chi connectivity index (χ0) is 15.2. The average molecular weight is 395 g/mol. The van der Waals surface area contributed by atoms with Gasteiger partial charge in [0.2, 0.25) is 0 Å². The molecule has 1 aliphatic heterocycles. The summed E-state index contributed by atoms with van der Waals surface area (Å²) in [5, 5.41) is 12.0. The number of amides is 1. The molecule has 0 unspecified atom stereocenters. The number of likely N-dealkylation sites (tertiary alicyclic amines) is 1. The third-order valence-electron chi connectivity index (χ3n) is 3.50. The zero-order valence-electron chi connectivity index (χ0n) is 12.0. The van der Waals surface area contributed by atoms with Gasteiger partial charge in [0.25, 0.3) is 5.91 Å². The quantitative estimate of drug-likeness (QED) is 0.485. The molecule has 1 fully saturated rings. The molecule has 1 amide bonds. The minimum absolute atomic E-state index is 0.162. The fourth-order valence-corrected chi connectivity index (χ4v) is 2.97. The van der Waals surface area contributed by atoms with Crippen LogP contribution in [0.2, 0.25) is 0 Å². The van der Waals surface area contributed by atoms with Gasteiger partial charge in [-0.15, -0.1) is 0 Å². The van der Waals surface area contributed by atoms with Crippen LogP contribution in [0.5, 0.6) is 0 Å². The van der Waals surface area contributed by atoms with Gasteiger partial charge in [-0.3, -0.25) is 4.79 Å². The second-order valence-electron chi connectivity index (χ2n) is 5.16. The lowest BCUT2D eigenvalue weighted by molar-refractivity contribution is -0.112. The minimum Gasteiger partial charge on any atom is -0.376 e. The first-order valence-corrected chi connectivity index (χ1v) is 8.11. The largest absolute Gasteiger partial charge is 0.376 e. The molecular weight excluding hydrogens is 377 g/mol. The van der Waals surface area contributed by atoms with E-state index in [0.717, 1.165) is 40.8 Å². The molecule has 0 atom stereocenters. The highest BCUT2D eigenvalue weighted by molar-refractivity contribution is 14.1. The Balaban J connectivity index is 2.09. The maximum Gasteiger partial charge on any atom is 0.267 e. The van der Waals surface area contributed by atoms with E-state index < -0.39 is 0 Å². The molecule has 1 saturated heterocycles. The number of nitrogens with one attached hydrogen (secondary N) is 1. The SMILES string of the molecule is Cc1cc(I)ccc1NC(=O)/C(C#N)=C\N1CCCCC1. The second kappa shape index (κ2) is 7.46. The Morgan fingerprint density at radius 3 is 2.71 bits per heavy atom. The molecule has 1 aromatic carbocycles. The molecule has 4 nitrogen and oxygen atoms in total. The number of carbonyl (C=O) groups excluding carboxylic acids is 1. The normalized spacial score (nSPS) is 15.5. The molecule has 5 heteroatoms. The van der Waals surface area contributed by atoms with E-state index in [1.165, 1.54) is 6.42 Å². The number of hydrogen-bond donors (Lipinski definition) is 1. The van der Waals surface area contributed by atoms with Crippen LogP contribution in [0.1, 0.15) is 24.8 Å². The number of halogens is 1. The molecule has 1 aliphatic rings. The topological polar surface area (TPSA) is 56.1 Å². The molecule has 0 bridgehead atoms. The fourth-order valence-electron chi connectivity index (χ4n) is 2.33. The van der Waals surface area contributed by atoms with E-state index in [2.05, 4.69) is 32.8 Å². The average Bonchev–Trinajstić information content (AvgIpc) is 2.48. The summed E-state index contributed by atoms with van der Waals surface area (Å²) in [5.74, 6) is -0.340. The summed E-state index contributed by atoms with van der Waals surface area (Å²) in [6.45, 7) is 3.78. The van der Waals surface area contributed by atoms with Gasteiger partial charge in [-0.25, -0.2) is 0 Å². The van der Waals surface area contributed by atoms with Gasteiger partial charge >= 0.3 is 0 Å². The lowest BCUT2D eigenvalue weighted by Gasteiger charge is -2.25. The van der Waals surface area contributed by atoms with Crippen molar-refractivity contribution in [2.75, 3.05) is 18.4 Å².